The first-order valence-electron chi connectivity index (χ1n) is 17.8. The second-order valence-electron chi connectivity index (χ2n) is 13.9. The minimum Gasteiger partial charge on any atom is -0.309 e. The van der Waals surface area contributed by atoms with E-state index in [0.717, 1.165) is 45.6 Å². The highest BCUT2D eigenvalue weighted by molar-refractivity contribution is 6.12. The number of benzene rings is 7. The highest BCUT2D eigenvalue weighted by atomic mass is 19.4. The molecule has 9 rings (SSSR count). The summed E-state index contributed by atoms with van der Waals surface area (Å²) in [6, 6.07) is 41.9. The first-order valence-corrected chi connectivity index (χ1v) is 17.8. The Hall–Kier alpha value is -7.30. The highest BCUT2D eigenvalue weighted by Gasteiger charge is 2.35. The molecule has 0 atom stereocenters. The van der Waals surface area contributed by atoms with E-state index in [1.807, 2.05) is 47.9 Å². The number of halogens is 6. The third kappa shape index (κ3) is 5.77. The van der Waals surface area contributed by atoms with Crippen LogP contribution in [0.1, 0.15) is 27.8 Å². The quantitative estimate of drug-likeness (QED) is 0.168. The van der Waals surface area contributed by atoms with Gasteiger partial charge in [-0.1, -0.05) is 60.2 Å². The number of rotatable bonds is 4. The van der Waals surface area contributed by atoms with Crippen molar-refractivity contribution in [1.29, 1.82) is 10.5 Å². The van der Waals surface area contributed by atoms with Crippen LogP contribution in [0, 0.1) is 29.6 Å². The fourth-order valence-electron chi connectivity index (χ4n) is 7.99. The van der Waals surface area contributed by atoms with Gasteiger partial charge in [-0.15, -0.1) is 0 Å². The Morgan fingerprint density at radius 2 is 0.982 bits per heavy atom. The third-order valence-electron chi connectivity index (χ3n) is 10.5. The Balaban J connectivity index is 1.43. The van der Waals surface area contributed by atoms with Crippen LogP contribution in [-0.2, 0) is 12.4 Å². The standard InChI is InChI=1S/C47H26F6N4/c1-27-10-16-42-35(20-27)33-6-2-4-8-40(33)56(42)43-17-12-28(25-54)21-36(43)37-23-30(32-15-11-29(26-55)22-39(32)47(51,52)53)13-18-44(37)57-41-9-5-3-7-34(41)38-24-31(46(48,49)50)14-19-45(38)57/h2-24H,1H3. The van der Waals surface area contributed by atoms with Gasteiger partial charge in [0.2, 0.25) is 0 Å². The van der Waals surface area contributed by atoms with Gasteiger partial charge in [-0.3, -0.25) is 0 Å². The fraction of sp³-hybridized carbons (Fsp3) is 0.0638. The first-order chi connectivity index (χ1) is 27.4. The smallest absolute Gasteiger partial charge is 0.309 e. The average molecular weight is 761 g/mol. The lowest BCUT2D eigenvalue weighted by molar-refractivity contribution is -0.138. The molecule has 9 aromatic rings. The zero-order valence-electron chi connectivity index (χ0n) is 29.8. The Kier molecular flexibility index (Phi) is 8.01. The van der Waals surface area contributed by atoms with Crippen LogP contribution in [0.5, 0.6) is 0 Å². The molecule has 0 spiro atoms. The van der Waals surface area contributed by atoms with Crippen LogP contribution in [0.4, 0.5) is 26.3 Å². The third-order valence-corrected chi connectivity index (χ3v) is 10.5. The van der Waals surface area contributed by atoms with Gasteiger partial charge in [0.15, 0.2) is 0 Å². The molecule has 10 heteroatoms. The summed E-state index contributed by atoms with van der Waals surface area (Å²) >= 11 is 0. The summed E-state index contributed by atoms with van der Waals surface area (Å²) in [6.45, 7) is 2.00. The zero-order chi connectivity index (χ0) is 39.8. The number of hydrogen-bond acceptors (Lipinski definition) is 2. The maximum absolute atomic E-state index is 14.7. The van der Waals surface area contributed by atoms with Crippen molar-refractivity contribution in [3.63, 3.8) is 0 Å². The Morgan fingerprint density at radius 1 is 0.456 bits per heavy atom. The van der Waals surface area contributed by atoms with Crippen molar-refractivity contribution in [1.82, 2.24) is 9.13 Å². The number of alkyl halides is 6. The van der Waals surface area contributed by atoms with Crippen molar-refractivity contribution >= 4 is 43.6 Å². The largest absolute Gasteiger partial charge is 0.417 e. The summed E-state index contributed by atoms with van der Waals surface area (Å²) in [7, 11) is 0. The number of aromatic nitrogens is 2. The Morgan fingerprint density at radius 3 is 1.60 bits per heavy atom. The molecular weight excluding hydrogens is 735 g/mol. The lowest BCUT2D eigenvalue weighted by Crippen LogP contribution is -2.08. The lowest BCUT2D eigenvalue weighted by atomic mass is 9.92. The Labute approximate surface area is 321 Å². The van der Waals surface area contributed by atoms with Gasteiger partial charge in [0.1, 0.15) is 0 Å². The summed E-state index contributed by atoms with van der Waals surface area (Å²) in [4.78, 5) is 0. The normalized spacial score (nSPS) is 12.1. The van der Waals surface area contributed by atoms with Gasteiger partial charge in [0, 0.05) is 32.7 Å². The van der Waals surface area contributed by atoms with Crippen molar-refractivity contribution in [2.75, 3.05) is 0 Å². The number of nitriles is 2. The number of fused-ring (bicyclic) bond motifs is 6. The molecule has 0 aliphatic rings. The van der Waals surface area contributed by atoms with E-state index < -0.39 is 23.5 Å². The van der Waals surface area contributed by atoms with E-state index in [1.54, 1.807) is 60.7 Å². The van der Waals surface area contributed by atoms with Crippen molar-refractivity contribution in [2.45, 2.75) is 19.3 Å². The SMILES string of the molecule is Cc1ccc2c(c1)c1ccccc1n2-c1ccc(C#N)cc1-c1cc(-c2ccc(C#N)cc2C(F)(F)F)ccc1-n1c2ccccc2c2cc(C(F)(F)F)ccc21. The minimum absolute atomic E-state index is 0.156. The summed E-state index contributed by atoms with van der Waals surface area (Å²) in [6.07, 6.45) is -9.41. The number of aryl methyl sites for hydroxylation is 1. The summed E-state index contributed by atoms with van der Waals surface area (Å²) in [5, 5.41) is 22.5. The predicted octanol–water partition coefficient (Wildman–Crippen LogP) is 13.3. The molecule has 7 aromatic carbocycles. The van der Waals surface area contributed by atoms with Crippen LogP contribution in [0.25, 0.3) is 77.2 Å². The molecule has 0 amide bonds. The van der Waals surface area contributed by atoms with E-state index in [0.29, 0.717) is 44.3 Å². The molecule has 4 nitrogen and oxygen atoms in total. The summed E-state index contributed by atoms with van der Waals surface area (Å²) in [5.41, 5.74) is 4.07. The van der Waals surface area contributed by atoms with E-state index in [-0.39, 0.29) is 22.3 Å². The van der Waals surface area contributed by atoms with Crippen LogP contribution >= 0.6 is 0 Å². The number of para-hydroxylation sites is 2. The molecule has 0 saturated carbocycles. The first kappa shape index (κ1) is 35.4. The summed E-state index contributed by atoms with van der Waals surface area (Å²) in [5.74, 6) is 0. The van der Waals surface area contributed by atoms with Crippen molar-refractivity contribution in [3.05, 3.63) is 167 Å². The molecular formula is C47H26F6N4. The van der Waals surface area contributed by atoms with Gasteiger partial charge in [-0.05, 0) is 103 Å². The molecule has 0 bridgehead atoms. The molecule has 57 heavy (non-hydrogen) atoms. The van der Waals surface area contributed by atoms with Crippen LogP contribution in [0.2, 0.25) is 0 Å². The molecule has 0 unspecified atom stereocenters. The molecule has 2 heterocycles. The van der Waals surface area contributed by atoms with E-state index >= 15 is 0 Å². The van der Waals surface area contributed by atoms with Crippen LogP contribution in [-0.4, -0.2) is 9.13 Å². The molecule has 0 fully saturated rings. The van der Waals surface area contributed by atoms with Gasteiger partial charge < -0.3 is 9.13 Å². The monoisotopic (exact) mass is 760 g/mol. The number of hydrogen-bond donors (Lipinski definition) is 0. The highest BCUT2D eigenvalue weighted by Crippen LogP contribution is 2.45. The van der Waals surface area contributed by atoms with Gasteiger partial charge >= 0.3 is 12.4 Å². The molecule has 0 aliphatic heterocycles. The Bertz CT molecular complexity index is 3200. The molecule has 0 radical (unpaired) electrons. The maximum atomic E-state index is 14.7. The fourth-order valence-corrected chi connectivity index (χ4v) is 7.99. The van der Waals surface area contributed by atoms with Crippen molar-refractivity contribution in [2.24, 2.45) is 0 Å². The van der Waals surface area contributed by atoms with Crippen LogP contribution < -0.4 is 0 Å². The van der Waals surface area contributed by atoms with E-state index in [4.69, 9.17) is 0 Å². The van der Waals surface area contributed by atoms with Gasteiger partial charge in [-0.2, -0.15) is 36.9 Å². The second kappa shape index (κ2) is 12.9. The van der Waals surface area contributed by atoms with Crippen molar-refractivity contribution in [3.8, 4) is 45.8 Å². The topological polar surface area (TPSA) is 57.4 Å². The minimum atomic E-state index is -4.81. The van der Waals surface area contributed by atoms with Crippen LogP contribution in [0.15, 0.2) is 140 Å². The molecule has 0 saturated heterocycles. The number of nitrogens with zero attached hydrogens (tertiary/aromatic N) is 4. The predicted molar refractivity (Wildman–Crippen MR) is 210 cm³/mol. The molecule has 276 valence electrons. The van der Waals surface area contributed by atoms with Gasteiger partial charge in [0.05, 0.1) is 67.8 Å². The van der Waals surface area contributed by atoms with E-state index in [2.05, 4.69) is 16.7 Å². The van der Waals surface area contributed by atoms with E-state index in [9.17, 15) is 36.9 Å². The zero-order valence-corrected chi connectivity index (χ0v) is 29.8. The van der Waals surface area contributed by atoms with Gasteiger partial charge in [-0.25, -0.2) is 0 Å². The molecule has 0 N–H and O–H groups in total. The lowest BCUT2D eigenvalue weighted by Gasteiger charge is -2.21. The van der Waals surface area contributed by atoms with Crippen LogP contribution in [0.3, 0.4) is 0 Å². The maximum Gasteiger partial charge on any atom is 0.417 e. The second-order valence-corrected chi connectivity index (χ2v) is 13.9. The van der Waals surface area contributed by atoms with Crippen molar-refractivity contribution < 1.29 is 26.3 Å². The van der Waals surface area contributed by atoms with Gasteiger partial charge in [0.25, 0.3) is 0 Å². The average Bonchev–Trinajstić information content (AvgIpc) is 3.71. The summed E-state index contributed by atoms with van der Waals surface area (Å²) < 4.78 is 90.1. The van der Waals surface area contributed by atoms with E-state index in [1.165, 1.54) is 24.3 Å². The molecule has 0 aliphatic carbocycles. The molecule has 2 aromatic heterocycles.